The largest absolute Gasteiger partial charge is 0.327 e. The normalized spacial score (nSPS) is 33.4. The Balaban J connectivity index is 2.77. The Morgan fingerprint density at radius 1 is 1.17 bits per heavy atom. The van der Waals surface area contributed by atoms with Gasteiger partial charge in [0.25, 0.3) is 0 Å². The van der Waals surface area contributed by atoms with Gasteiger partial charge in [0, 0.05) is 22.1 Å². The lowest BCUT2D eigenvalue weighted by Gasteiger charge is -2.41. The van der Waals surface area contributed by atoms with E-state index in [0.29, 0.717) is 17.3 Å². The number of nitrogens with two attached hydrogens (primary N) is 1. The highest BCUT2D eigenvalue weighted by atomic mass is 32.2. The van der Waals surface area contributed by atoms with Gasteiger partial charge in [-0.3, -0.25) is 4.21 Å². The summed E-state index contributed by atoms with van der Waals surface area (Å²) in [4.78, 5) is 0. The zero-order valence-electron chi connectivity index (χ0n) is 12.9. The zero-order valence-corrected chi connectivity index (χ0v) is 13.7. The van der Waals surface area contributed by atoms with Crippen molar-refractivity contribution in [2.45, 2.75) is 77.3 Å². The second-order valence-electron chi connectivity index (χ2n) is 7.36. The summed E-state index contributed by atoms with van der Waals surface area (Å²) in [5.74, 6) is 1.12. The second-order valence-corrected chi connectivity index (χ2v) is 9.36. The lowest BCUT2D eigenvalue weighted by atomic mass is 9.71. The molecule has 1 saturated carbocycles. The average Bonchev–Trinajstić information content (AvgIpc) is 2.26. The summed E-state index contributed by atoms with van der Waals surface area (Å²) in [5, 5.41) is 0.445. The molecule has 0 aromatic rings. The highest BCUT2D eigenvalue weighted by molar-refractivity contribution is 7.86. The Hall–Kier alpha value is 0.110. The molecular formula is C15H31NOS. The molecule has 0 bridgehead atoms. The fourth-order valence-corrected chi connectivity index (χ4v) is 4.74. The van der Waals surface area contributed by atoms with Gasteiger partial charge >= 0.3 is 0 Å². The van der Waals surface area contributed by atoms with E-state index in [1.165, 1.54) is 6.42 Å². The first-order chi connectivity index (χ1) is 8.14. The molecule has 3 heteroatoms. The van der Waals surface area contributed by atoms with Gasteiger partial charge in [-0.25, -0.2) is 0 Å². The van der Waals surface area contributed by atoms with Crippen LogP contribution in [0, 0.1) is 17.3 Å². The maximum absolute atomic E-state index is 12.7. The maximum Gasteiger partial charge on any atom is 0.0504 e. The fraction of sp³-hybridized carbons (Fsp3) is 1.00. The molecule has 0 radical (unpaired) electrons. The summed E-state index contributed by atoms with van der Waals surface area (Å²) in [7, 11) is -0.792. The third-order valence-corrected chi connectivity index (χ3v) is 7.09. The molecule has 5 unspecified atom stereocenters. The van der Waals surface area contributed by atoms with Crippen molar-refractivity contribution in [1.29, 1.82) is 0 Å². The minimum Gasteiger partial charge on any atom is -0.327 e. The number of rotatable bonds is 3. The molecule has 0 heterocycles. The van der Waals surface area contributed by atoms with Crippen LogP contribution in [0.25, 0.3) is 0 Å². The highest BCUT2D eigenvalue weighted by Crippen LogP contribution is 2.39. The van der Waals surface area contributed by atoms with Crippen LogP contribution in [0.2, 0.25) is 0 Å². The molecular weight excluding hydrogens is 242 g/mol. The van der Waals surface area contributed by atoms with E-state index >= 15 is 0 Å². The molecule has 1 aliphatic carbocycles. The monoisotopic (exact) mass is 273 g/mol. The van der Waals surface area contributed by atoms with Crippen LogP contribution in [0.4, 0.5) is 0 Å². The molecule has 1 fully saturated rings. The van der Waals surface area contributed by atoms with Gasteiger partial charge in [0.05, 0.1) is 5.25 Å². The van der Waals surface area contributed by atoms with Gasteiger partial charge in [0.2, 0.25) is 0 Å². The van der Waals surface area contributed by atoms with E-state index in [1.807, 2.05) is 0 Å². The number of hydrogen-bond donors (Lipinski definition) is 1. The van der Waals surface area contributed by atoms with Gasteiger partial charge in [0.15, 0.2) is 0 Å². The van der Waals surface area contributed by atoms with Crippen molar-refractivity contribution < 1.29 is 4.21 Å². The second kappa shape index (κ2) is 6.04. The van der Waals surface area contributed by atoms with E-state index in [9.17, 15) is 4.21 Å². The quantitative estimate of drug-likeness (QED) is 0.857. The molecule has 18 heavy (non-hydrogen) atoms. The predicted molar refractivity (Wildman–Crippen MR) is 81.0 cm³/mol. The molecule has 0 amide bonds. The summed E-state index contributed by atoms with van der Waals surface area (Å²) in [6.45, 7) is 13.3. The molecule has 0 spiro atoms. The van der Waals surface area contributed by atoms with E-state index < -0.39 is 10.8 Å². The van der Waals surface area contributed by atoms with Crippen molar-refractivity contribution >= 4 is 10.8 Å². The SMILES string of the molecule is CC(C)C(C)S(=O)C1CC(C(C)(C)C)CCC1N. The van der Waals surface area contributed by atoms with Crippen LogP contribution < -0.4 is 5.73 Å². The summed E-state index contributed by atoms with van der Waals surface area (Å²) in [5.41, 5.74) is 6.54. The minimum absolute atomic E-state index is 0.130. The van der Waals surface area contributed by atoms with Crippen LogP contribution in [-0.2, 0) is 10.8 Å². The minimum atomic E-state index is -0.792. The van der Waals surface area contributed by atoms with E-state index in [0.717, 1.165) is 12.8 Å². The Morgan fingerprint density at radius 2 is 1.72 bits per heavy atom. The lowest BCUT2D eigenvalue weighted by molar-refractivity contribution is 0.172. The summed E-state index contributed by atoms with van der Waals surface area (Å²) in [6, 6.07) is 0.130. The first kappa shape index (κ1) is 16.2. The average molecular weight is 273 g/mol. The Kier molecular flexibility index (Phi) is 5.43. The first-order valence-corrected chi connectivity index (χ1v) is 8.57. The predicted octanol–water partition coefficient (Wildman–Crippen LogP) is 3.32. The van der Waals surface area contributed by atoms with Crippen LogP contribution in [0.1, 0.15) is 60.8 Å². The van der Waals surface area contributed by atoms with Crippen molar-refractivity contribution in [2.24, 2.45) is 23.0 Å². The van der Waals surface area contributed by atoms with Crippen molar-refractivity contribution in [3.63, 3.8) is 0 Å². The van der Waals surface area contributed by atoms with Gasteiger partial charge in [0.1, 0.15) is 0 Å². The van der Waals surface area contributed by atoms with Crippen LogP contribution in [-0.4, -0.2) is 20.8 Å². The van der Waals surface area contributed by atoms with Crippen molar-refractivity contribution in [3.8, 4) is 0 Å². The molecule has 0 aromatic heterocycles. The van der Waals surface area contributed by atoms with Crippen LogP contribution in [0.3, 0.4) is 0 Å². The van der Waals surface area contributed by atoms with Crippen LogP contribution in [0.5, 0.6) is 0 Å². The Morgan fingerprint density at radius 3 is 2.17 bits per heavy atom. The topological polar surface area (TPSA) is 43.1 Å². The zero-order chi connectivity index (χ0) is 14.1. The summed E-state index contributed by atoms with van der Waals surface area (Å²) < 4.78 is 12.7. The smallest absolute Gasteiger partial charge is 0.0504 e. The van der Waals surface area contributed by atoms with Gasteiger partial charge in [-0.15, -0.1) is 0 Å². The van der Waals surface area contributed by atoms with Gasteiger partial charge < -0.3 is 5.73 Å². The van der Waals surface area contributed by atoms with Crippen molar-refractivity contribution in [2.75, 3.05) is 0 Å². The van der Waals surface area contributed by atoms with E-state index in [2.05, 4.69) is 41.5 Å². The summed E-state index contributed by atoms with van der Waals surface area (Å²) in [6.07, 6.45) is 3.26. The van der Waals surface area contributed by atoms with E-state index in [1.54, 1.807) is 0 Å². The lowest BCUT2D eigenvalue weighted by Crippen LogP contribution is -2.47. The molecule has 2 nitrogen and oxygen atoms in total. The molecule has 108 valence electrons. The first-order valence-electron chi connectivity index (χ1n) is 7.29. The molecule has 5 atom stereocenters. The molecule has 1 rings (SSSR count). The highest BCUT2D eigenvalue weighted by Gasteiger charge is 2.38. The Bertz CT molecular complexity index is 295. The van der Waals surface area contributed by atoms with Gasteiger partial charge in [-0.05, 0) is 36.5 Å². The molecule has 1 aliphatic rings. The fourth-order valence-electron chi connectivity index (χ4n) is 2.75. The molecule has 0 aromatic carbocycles. The standard InChI is InChI=1S/C15H31NOS/c1-10(2)11(3)18(17)14-9-12(15(4,5)6)7-8-13(14)16/h10-14H,7-9,16H2,1-6H3. The molecule has 0 saturated heterocycles. The van der Waals surface area contributed by atoms with Crippen LogP contribution in [0.15, 0.2) is 0 Å². The van der Waals surface area contributed by atoms with E-state index in [4.69, 9.17) is 5.73 Å². The van der Waals surface area contributed by atoms with Crippen LogP contribution >= 0.6 is 0 Å². The third-order valence-electron chi connectivity index (χ3n) is 4.67. The van der Waals surface area contributed by atoms with E-state index in [-0.39, 0.29) is 16.5 Å². The summed E-state index contributed by atoms with van der Waals surface area (Å²) >= 11 is 0. The van der Waals surface area contributed by atoms with Crippen molar-refractivity contribution in [3.05, 3.63) is 0 Å². The third kappa shape index (κ3) is 3.80. The maximum atomic E-state index is 12.7. The number of hydrogen-bond acceptors (Lipinski definition) is 2. The molecule has 2 N–H and O–H groups in total. The van der Waals surface area contributed by atoms with Crippen molar-refractivity contribution in [1.82, 2.24) is 0 Å². The van der Waals surface area contributed by atoms with Gasteiger partial charge in [-0.1, -0.05) is 41.5 Å². The Labute approximate surface area is 116 Å². The van der Waals surface area contributed by atoms with Gasteiger partial charge in [-0.2, -0.15) is 0 Å². The molecule has 0 aliphatic heterocycles.